The van der Waals surface area contributed by atoms with Gasteiger partial charge in [0.25, 0.3) is 0 Å². The van der Waals surface area contributed by atoms with Crippen LogP contribution in [0.4, 0.5) is 0 Å². The van der Waals surface area contributed by atoms with Crippen LogP contribution < -0.4 is 0 Å². The molecular weight excluding hydrogens is 296 g/mol. The molecule has 0 amide bonds. The minimum atomic E-state index is -0.155. The first kappa shape index (κ1) is 15.6. The van der Waals surface area contributed by atoms with Crippen LogP contribution in [-0.4, -0.2) is 17.0 Å². The van der Waals surface area contributed by atoms with Crippen molar-refractivity contribution in [1.29, 1.82) is 0 Å². The van der Waals surface area contributed by atoms with Crippen LogP contribution in [0.15, 0.2) is 11.6 Å². The van der Waals surface area contributed by atoms with Crippen LogP contribution in [0.1, 0.15) is 65.7 Å². The lowest BCUT2D eigenvalue weighted by molar-refractivity contribution is -0.118. The smallest absolute Gasteiger partial charge is 0.155 e. The number of aliphatic hydroxyl groups excluding tert-OH is 1. The SMILES string of the molecule is C[C@@H]1CC2=CC(=O)CC[C@@H]2[C@H]2CC[C@]3(C)[C@@H]([C@@H](C)O)C[C@@H]4C[C@]43[C@@H]21. The number of fused-ring (bicyclic) bond motifs is 3. The molecule has 0 radical (unpaired) electrons. The standard InChI is InChI=1S/C22H32O2/c1-12-8-14-9-16(24)4-5-17(14)18-6-7-21(3)19(13(2)23)10-15-11-22(15,21)20(12)18/h9,12-13,15,17-20,23H,4-8,10-11H2,1-3H3/t12-,13-,15-,17+,18-,19-,20-,21-,22-/m1/s1. The van der Waals surface area contributed by atoms with E-state index in [-0.39, 0.29) is 6.10 Å². The zero-order valence-electron chi connectivity index (χ0n) is 15.4. The van der Waals surface area contributed by atoms with E-state index in [2.05, 4.69) is 13.8 Å². The molecule has 0 aromatic rings. The summed E-state index contributed by atoms with van der Waals surface area (Å²) in [4.78, 5) is 11.9. The van der Waals surface area contributed by atoms with Gasteiger partial charge in [-0.1, -0.05) is 19.4 Å². The molecule has 5 rings (SSSR count). The highest BCUT2D eigenvalue weighted by molar-refractivity contribution is 5.91. The third kappa shape index (κ3) is 1.69. The maximum absolute atomic E-state index is 11.9. The second-order valence-electron chi connectivity index (χ2n) is 10.2. The summed E-state index contributed by atoms with van der Waals surface area (Å²) in [6, 6.07) is 0. The molecule has 132 valence electrons. The average molecular weight is 328 g/mol. The second-order valence-corrected chi connectivity index (χ2v) is 10.2. The number of carbonyl (C=O) groups is 1. The van der Waals surface area contributed by atoms with Crippen LogP contribution in [-0.2, 0) is 4.79 Å². The van der Waals surface area contributed by atoms with Crippen molar-refractivity contribution in [3.8, 4) is 0 Å². The fourth-order valence-electron chi connectivity index (χ4n) is 8.67. The summed E-state index contributed by atoms with van der Waals surface area (Å²) < 4.78 is 0. The molecule has 5 aliphatic rings. The lowest BCUT2D eigenvalue weighted by atomic mass is 9.46. The molecule has 4 saturated carbocycles. The van der Waals surface area contributed by atoms with Crippen LogP contribution in [0.5, 0.6) is 0 Å². The van der Waals surface area contributed by atoms with Gasteiger partial charge in [-0.3, -0.25) is 4.79 Å². The quantitative estimate of drug-likeness (QED) is 0.776. The zero-order chi connectivity index (χ0) is 16.9. The highest BCUT2D eigenvalue weighted by atomic mass is 16.3. The van der Waals surface area contributed by atoms with E-state index < -0.39 is 0 Å². The Bertz CT molecular complexity index is 619. The molecule has 0 aliphatic heterocycles. The monoisotopic (exact) mass is 328 g/mol. The van der Waals surface area contributed by atoms with Crippen molar-refractivity contribution in [1.82, 2.24) is 0 Å². The van der Waals surface area contributed by atoms with E-state index in [9.17, 15) is 9.90 Å². The van der Waals surface area contributed by atoms with Crippen LogP contribution in [0.25, 0.3) is 0 Å². The summed E-state index contributed by atoms with van der Waals surface area (Å²) in [5.74, 6) is 4.78. The molecule has 0 heterocycles. The average Bonchev–Trinajstić information content (AvgIpc) is 3.16. The summed E-state index contributed by atoms with van der Waals surface area (Å²) in [6.45, 7) is 7.01. The summed E-state index contributed by atoms with van der Waals surface area (Å²) in [5.41, 5.74) is 2.36. The van der Waals surface area contributed by atoms with E-state index >= 15 is 0 Å². The number of rotatable bonds is 1. The molecule has 24 heavy (non-hydrogen) atoms. The van der Waals surface area contributed by atoms with Crippen molar-refractivity contribution in [3.05, 3.63) is 11.6 Å². The molecule has 2 heteroatoms. The summed E-state index contributed by atoms with van der Waals surface area (Å²) in [5, 5.41) is 10.4. The molecule has 1 N–H and O–H groups in total. The number of aliphatic hydroxyl groups is 1. The first-order valence-electron chi connectivity index (χ1n) is 10.3. The third-order valence-corrected chi connectivity index (χ3v) is 9.42. The van der Waals surface area contributed by atoms with Crippen LogP contribution in [0.3, 0.4) is 0 Å². The lowest BCUT2D eigenvalue weighted by Crippen LogP contribution is -2.53. The number of hydrogen-bond acceptors (Lipinski definition) is 2. The van der Waals surface area contributed by atoms with E-state index in [1.165, 1.54) is 31.3 Å². The number of ketones is 1. The van der Waals surface area contributed by atoms with Gasteiger partial charge in [-0.2, -0.15) is 0 Å². The van der Waals surface area contributed by atoms with E-state index in [1.54, 1.807) is 0 Å². The number of hydrogen-bond donors (Lipinski definition) is 1. The Kier molecular flexibility index (Phi) is 3.09. The second kappa shape index (κ2) is 4.75. The molecule has 0 bridgehead atoms. The summed E-state index contributed by atoms with van der Waals surface area (Å²) >= 11 is 0. The largest absolute Gasteiger partial charge is 0.393 e. The van der Waals surface area contributed by atoms with Gasteiger partial charge in [-0.15, -0.1) is 0 Å². The van der Waals surface area contributed by atoms with Gasteiger partial charge in [0.05, 0.1) is 6.10 Å². The van der Waals surface area contributed by atoms with E-state index in [4.69, 9.17) is 0 Å². The van der Waals surface area contributed by atoms with E-state index in [1.807, 2.05) is 13.0 Å². The number of carbonyl (C=O) groups excluding carboxylic acids is 1. The minimum absolute atomic E-state index is 0.155. The molecule has 0 aromatic carbocycles. The van der Waals surface area contributed by atoms with Gasteiger partial charge in [-0.05, 0) is 97.9 Å². The van der Waals surface area contributed by atoms with Crippen molar-refractivity contribution in [3.63, 3.8) is 0 Å². The van der Waals surface area contributed by atoms with Crippen molar-refractivity contribution in [2.75, 3.05) is 0 Å². The highest BCUT2D eigenvalue weighted by Gasteiger charge is 2.78. The molecule has 5 aliphatic carbocycles. The normalized spacial score (nSPS) is 56.5. The molecule has 0 aromatic heterocycles. The number of allylic oxidation sites excluding steroid dienone is 1. The summed E-state index contributed by atoms with van der Waals surface area (Å²) in [6.07, 6.45) is 10.2. The zero-order valence-corrected chi connectivity index (χ0v) is 15.4. The molecule has 9 atom stereocenters. The van der Waals surface area contributed by atoms with Crippen molar-refractivity contribution in [2.24, 2.45) is 46.3 Å². The molecule has 1 spiro atoms. The minimum Gasteiger partial charge on any atom is -0.393 e. The van der Waals surface area contributed by atoms with Gasteiger partial charge in [-0.25, -0.2) is 0 Å². The van der Waals surface area contributed by atoms with Gasteiger partial charge in [0.2, 0.25) is 0 Å². The molecule has 2 nitrogen and oxygen atoms in total. The van der Waals surface area contributed by atoms with Crippen molar-refractivity contribution in [2.45, 2.75) is 71.8 Å². The Morgan fingerprint density at radius 2 is 2.12 bits per heavy atom. The molecule has 0 saturated heterocycles. The Balaban J connectivity index is 1.54. The Morgan fingerprint density at radius 3 is 2.88 bits per heavy atom. The summed E-state index contributed by atoms with van der Waals surface area (Å²) in [7, 11) is 0. The molecular formula is C22H32O2. The highest BCUT2D eigenvalue weighted by Crippen LogP contribution is 2.84. The fraction of sp³-hybridized carbons (Fsp3) is 0.864. The topological polar surface area (TPSA) is 37.3 Å². The third-order valence-electron chi connectivity index (χ3n) is 9.42. The molecule has 4 fully saturated rings. The maximum Gasteiger partial charge on any atom is 0.155 e. The predicted molar refractivity (Wildman–Crippen MR) is 94.2 cm³/mol. The van der Waals surface area contributed by atoms with Gasteiger partial charge in [0.1, 0.15) is 0 Å². The van der Waals surface area contributed by atoms with Crippen molar-refractivity contribution < 1.29 is 9.90 Å². The van der Waals surface area contributed by atoms with Crippen molar-refractivity contribution >= 4 is 5.78 Å². The van der Waals surface area contributed by atoms with Crippen LogP contribution >= 0.6 is 0 Å². The lowest BCUT2D eigenvalue weighted by Gasteiger charge is -2.58. The van der Waals surface area contributed by atoms with Gasteiger partial charge in [0.15, 0.2) is 5.78 Å². The maximum atomic E-state index is 11.9. The van der Waals surface area contributed by atoms with Gasteiger partial charge in [0, 0.05) is 6.42 Å². The predicted octanol–water partition coefficient (Wildman–Crippen LogP) is 4.37. The molecule has 0 unspecified atom stereocenters. The van der Waals surface area contributed by atoms with E-state index in [0.29, 0.717) is 34.4 Å². The van der Waals surface area contributed by atoms with Gasteiger partial charge >= 0.3 is 0 Å². The Labute approximate surface area is 146 Å². The first-order valence-corrected chi connectivity index (χ1v) is 10.3. The fourth-order valence-corrected chi connectivity index (χ4v) is 8.67. The van der Waals surface area contributed by atoms with Crippen LogP contribution in [0.2, 0.25) is 0 Å². The van der Waals surface area contributed by atoms with Crippen LogP contribution in [0, 0.1) is 46.3 Å². The first-order chi connectivity index (χ1) is 11.4. The van der Waals surface area contributed by atoms with Gasteiger partial charge < -0.3 is 5.11 Å². The Hall–Kier alpha value is -0.630. The Morgan fingerprint density at radius 1 is 1.33 bits per heavy atom. The van der Waals surface area contributed by atoms with E-state index in [0.717, 1.165) is 37.0 Å².